The van der Waals surface area contributed by atoms with Gasteiger partial charge in [-0.2, -0.15) is 0 Å². The van der Waals surface area contributed by atoms with Gasteiger partial charge in [-0.25, -0.2) is 0 Å². The van der Waals surface area contributed by atoms with Gasteiger partial charge in [-0.05, 0) is 11.0 Å². The zero-order chi connectivity index (χ0) is 9.94. The maximum absolute atomic E-state index is 11.1. The second-order valence-electron chi connectivity index (χ2n) is 3.72. The first-order chi connectivity index (χ1) is 5.25. The Bertz CT molecular complexity index is 220. The summed E-state index contributed by atoms with van der Waals surface area (Å²) in [7, 11) is 0. The molecule has 0 saturated carbocycles. The average Bonchev–Trinajstić information content (AvgIpc) is 1.82. The molecule has 0 spiro atoms. The molecule has 0 heterocycles. The maximum Gasteiger partial charge on any atom is 0.311 e. The maximum atomic E-state index is 11.1. The van der Waals surface area contributed by atoms with Crippen molar-refractivity contribution < 1.29 is 14.7 Å². The Morgan fingerprint density at radius 1 is 1.33 bits per heavy atom. The molecule has 68 valence electrons. The predicted molar refractivity (Wildman–Crippen MR) is 45.9 cm³/mol. The third kappa shape index (κ3) is 3.32. The molecule has 0 aromatic carbocycles. The molecule has 0 aliphatic carbocycles. The van der Waals surface area contributed by atoms with Crippen LogP contribution in [0, 0.1) is 5.41 Å². The van der Waals surface area contributed by atoms with Gasteiger partial charge >= 0.3 is 5.97 Å². The van der Waals surface area contributed by atoms with Crippen LogP contribution in [0.25, 0.3) is 0 Å². The van der Waals surface area contributed by atoms with Crippen molar-refractivity contribution in [3.63, 3.8) is 0 Å². The predicted octanol–water partition coefficient (Wildman–Crippen LogP) is 1.63. The minimum absolute atomic E-state index is 0.341. The molecule has 0 unspecified atom stereocenters. The summed E-state index contributed by atoms with van der Waals surface area (Å²) in [4.78, 5) is 21.3. The fraction of sp³-hybridized carbons (Fsp3) is 0.556. The van der Waals surface area contributed by atoms with Gasteiger partial charge in [0.1, 0.15) is 6.42 Å². The van der Waals surface area contributed by atoms with Gasteiger partial charge in [0.25, 0.3) is 0 Å². The topological polar surface area (TPSA) is 54.4 Å². The van der Waals surface area contributed by atoms with Crippen molar-refractivity contribution in [2.45, 2.75) is 27.2 Å². The third-order valence-corrected chi connectivity index (χ3v) is 1.55. The van der Waals surface area contributed by atoms with Crippen LogP contribution in [0.2, 0.25) is 0 Å². The van der Waals surface area contributed by atoms with E-state index < -0.39 is 18.2 Å². The van der Waals surface area contributed by atoms with E-state index in [9.17, 15) is 9.59 Å². The molecule has 0 rings (SSSR count). The van der Waals surface area contributed by atoms with Gasteiger partial charge in [-0.3, -0.25) is 9.59 Å². The van der Waals surface area contributed by atoms with Crippen molar-refractivity contribution in [1.29, 1.82) is 0 Å². The largest absolute Gasteiger partial charge is 0.481 e. The average molecular weight is 170 g/mol. The van der Waals surface area contributed by atoms with Crippen LogP contribution >= 0.6 is 0 Å². The number of carbonyl (C=O) groups excluding carboxylic acids is 1. The molecule has 0 saturated heterocycles. The van der Waals surface area contributed by atoms with E-state index in [-0.39, 0.29) is 5.41 Å². The third-order valence-electron chi connectivity index (χ3n) is 1.55. The number of ketones is 1. The van der Waals surface area contributed by atoms with Crippen LogP contribution in [0.1, 0.15) is 27.2 Å². The zero-order valence-electron chi connectivity index (χ0n) is 7.68. The van der Waals surface area contributed by atoms with Crippen LogP contribution in [0.3, 0.4) is 0 Å². The number of hydrogen-bond donors (Lipinski definition) is 1. The summed E-state index contributed by atoms with van der Waals surface area (Å²) < 4.78 is 0. The van der Waals surface area contributed by atoms with E-state index in [4.69, 9.17) is 5.11 Å². The lowest BCUT2D eigenvalue weighted by Gasteiger charge is -2.19. The Morgan fingerprint density at radius 3 is 2.00 bits per heavy atom. The number of carbonyl (C=O) groups is 2. The molecule has 0 fully saturated rings. The van der Waals surface area contributed by atoms with Gasteiger partial charge in [0.05, 0.1) is 0 Å². The SMILES string of the molecule is C=C(C(=O)CC(=O)O)C(C)(C)C. The number of aliphatic carboxylic acids is 1. The molecule has 0 aromatic heterocycles. The van der Waals surface area contributed by atoms with Crippen LogP contribution in [-0.2, 0) is 9.59 Å². The molecule has 3 heteroatoms. The smallest absolute Gasteiger partial charge is 0.311 e. The fourth-order valence-corrected chi connectivity index (χ4v) is 0.662. The molecule has 0 bridgehead atoms. The van der Waals surface area contributed by atoms with Gasteiger partial charge in [0.2, 0.25) is 0 Å². The van der Waals surface area contributed by atoms with Crippen molar-refractivity contribution in [2.75, 3.05) is 0 Å². The van der Waals surface area contributed by atoms with Gasteiger partial charge in [-0.15, -0.1) is 0 Å². The lowest BCUT2D eigenvalue weighted by molar-refractivity contribution is -0.139. The Labute approximate surface area is 72.1 Å². The van der Waals surface area contributed by atoms with Crippen molar-refractivity contribution in [2.24, 2.45) is 5.41 Å². The van der Waals surface area contributed by atoms with Crippen molar-refractivity contribution in [1.82, 2.24) is 0 Å². The summed E-state index contributed by atoms with van der Waals surface area (Å²) in [6.07, 6.45) is -0.462. The first-order valence-electron chi connectivity index (χ1n) is 3.69. The van der Waals surface area contributed by atoms with Gasteiger partial charge < -0.3 is 5.11 Å². The minimum atomic E-state index is -1.11. The molecule has 0 amide bonds. The summed E-state index contributed by atoms with van der Waals surface area (Å²) in [5.74, 6) is -1.50. The van der Waals surface area contributed by atoms with E-state index in [1.54, 1.807) is 0 Å². The van der Waals surface area contributed by atoms with Crippen LogP contribution in [-0.4, -0.2) is 16.9 Å². The van der Waals surface area contributed by atoms with Gasteiger partial charge in [0, 0.05) is 0 Å². The Morgan fingerprint density at radius 2 is 1.75 bits per heavy atom. The lowest BCUT2D eigenvalue weighted by atomic mass is 9.84. The molecule has 0 aliphatic rings. The van der Waals surface area contributed by atoms with Crippen molar-refractivity contribution >= 4 is 11.8 Å². The summed E-state index contributed by atoms with van der Waals surface area (Å²) >= 11 is 0. The number of carboxylic acid groups (broad SMARTS) is 1. The first-order valence-corrected chi connectivity index (χ1v) is 3.69. The number of carboxylic acids is 1. The standard InChI is InChI=1S/C9H14O3/c1-6(9(2,3)4)7(10)5-8(11)12/h1,5H2,2-4H3,(H,11,12). The minimum Gasteiger partial charge on any atom is -0.481 e. The highest BCUT2D eigenvalue weighted by molar-refractivity contribution is 6.05. The van der Waals surface area contributed by atoms with E-state index in [1.807, 2.05) is 20.8 Å². The normalized spacial score (nSPS) is 10.9. The quantitative estimate of drug-likeness (QED) is 0.517. The van der Waals surface area contributed by atoms with Crippen LogP contribution in [0.15, 0.2) is 12.2 Å². The summed E-state index contributed by atoms with van der Waals surface area (Å²) in [6, 6.07) is 0. The number of Topliss-reactive ketones (excluding diaryl/α,β-unsaturated/α-hetero) is 1. The molecule has 0 radical (unpaired) electrons. The van der Waals surface area contributed by atoms with E-state index in [2.05, 4.69) is 6.58 Å². The second kappa shape index (κ2) is 3.52. The first kappa shape index (κ1) is 10.9. The molecule has 0 atom stereocenters. The van der Waals surface area contributed by atoms with Crippen molar-refractivity contribution in [3.8, 4) is 0 Å². The van der Waals surface area contributed by atoms with E-state index in [1.165, 1.54) is 0 Å². The monoisotopic (exact) mass is 170 g/mol. The lowest BCUT2D eigenvalue weighted by Crippen LogP contribution is -2.19. The van der Waals surface area contributed by atoms with Crippen LogP contribution in [0.4, 0.5) is 0 Å². The Kier molecular flexibility index (Phi) is 3.19. The molecule has 12 heavy (non-hydrogen) atoms. The zero-order valence-corrected chi connectivity index (χ0v) is 7.68. The highest BCUT2D eigenvalue weighted by Crippen LogP contribution is 2.24. The van der Waals surface area contributed by atoms with Crippen molar-refractivity contribution in [3.05, 3.63) is 12.2 Å². The molecule has 3 nitrogen and oxygen atoms in total. The second-order valence-corrected chi connectivity index (χ2v) is 3.72. The number of rotatable bonds is 3. The van der Waals surface area contributed by atoms with Crippen LogP contribution in [0.5, 0.6) is 0 Å². The molecular formula is C9H14O3. The fourth-order valence-electron chi connectivity index (χ4n) is 0.662. The molecule has 0 aliphatic heterocycles. The number of hydrogen-bond acceptors (Lipinski definition) is 2. The van der Waals surface area contributed by atoms with Crippen LogP contribution < -0.4 is 0 Å². The number of allylic oxidation sites excluding steroid dienone is 1. The highest BCUT2D eigenvalue weighted by Gasteiger charge is 2.22. The summed E-state index contributed by atoms with van der Waals surface area (Å²) in [6.45, 7) is 9.05. The molecule has 1 N–H and O–H groups in total. The molecular weight excluding hydrogens is 156 g/mol. The van der Waals surface area contributed by atoms with E-state index in [0.717, 1.165) is 0 Å². The Hall–Kier alpha value is -1.12. The van der Waals surface area contributed by atoms with Gasteiger partial charge in [0.15, 0.2) is 5.78 Å². The summed E-state index contributed by atoms with van der Waals surface area (Å²) in [5.41, 5.74) is 0.0249. The summed E-state index contributed by atoms with van der Waals surface area (Å²) in [5, 5.41) is 8.34. The van der Waals surface area contributed by atoms with Gasteiger partial charge in [-0.1, -0.05) is 27.4 Å². The van der Waals surface area contributed by atoms with E-state index in [0.29, 0.717) is 5.57 Å². The van der Waals surface area contributed by atoms with E-state index >= 15 is 0 Å². The molecule has 0 aromatic rings. The highest BCUT2D eigenvalue weighted by atomic mass is 16.4. The Balaban J connectivity index is 4.32.